The average Bonchev–Trinajstić information content (AvgIpc) is 3.64. The van der Waals surface area contributed by atoms with E-state index in [9.17, 15) is 19.5 Å². The van der Waals surface area contributed by atoms with Crippen molar-refractivity contribution < 1.29 is 42.2 Å². The van der Waals surface area contributed by atoms with Crippen molar-refractivity contribution in [1.29, 1.82) is 0 Å². The minimum Gasteiger partial charge on any atom is -0.444 e. The largest absolute Gasteiger partial charge is 0.444 e. The number of aryl methyl sites for hydroxylation is 2. The van der Waals surface area contributed by atoms with Crippen molar-refractivity contribution >= 4 is 39.6 Å². The number of unbranched alkanes of at least 4 members (excludes halogenated alkanes) is 1. The van der Waals surface area contributed by atoms with Gasteiger partial charge in [0.1, 0.15) is 21.7 Å². The Morgan fingerprint density at radius 3 is 2.08 bits per heavy atom. The van der Waals surface area contributed by atoms with E-state index in [0.717, 1.165) is 21.7 Å². The fraction of sp³-hybridized carbons (Fsp3) is 0.367. The first-order valence-corrected chi connectivity index (χ1v) is 23.4. The summed E-state index contributed by atoms with van der Waals surface area (Å²) >= 11 is 0. The van der Waals surface area contributed by atoms with Crippen LogP contribution in [0.1, 0.15) is 90.7 Å². The fourth-order valence-corrected chi connectivity index (χ4v) is 9.75. The van der Waals surface area contributed by atoms with E-state index in [4.69, 9.17) is 16.2 Å². The molecule has 66 heavy (non-hydrogen) atoms. The number of hydrogen-bond acceptors (Lipinski definition) is 11. The van der Waals surface area contributed by atoms with Crippen LogP contribution in [-0.4, -0.2) is 89.6 Å². The highest BCUT2D eigenvalue weighted by molar-refractivity contribution is 7.95. The first kappa shape index (κ1) is 49.0. The van der Waals surface area contributed by atoms with E-state index in [-0.39, 0.29) is 60.7 Å². The predicted octanol–water partition coefficient (Wildman–Crippen LogP) is 4.39. The van der Waals surface area contributed by atoms with Crippen molar-refractivity contribution in [2.24, 2.45) is 11.5 Å². The highest BCUT2D eigenvalue weighted by Gasteiger charge is 2.57. The molecule has 5 amide bonds. The molecule has 0 spiro atoms. The van der Waals surface area contributed by atoms with Crippen LogP contribution in [0.25, 0.3) is 0 Å². The Balaban J connectivity index is 1.40. The lowest BCUT2D eigenvalue weighted by molar-refractivity contribution is -0.160. The van der Waals surface area contributed by atoms with Gasteiger partial charge in [0.2, 0.25) is 15.7 Å². The van der Waals surface area contributed by atoms with E-state index in [1.165, 1.54) is 24.3 Å². The second-order valence-electron chi connectivity index (χ2n) is 17.9. The van der Waals surface area contributed by atoms with Gasteiger partial charge in [0.25, 0.3) is 17.7 Å². The third-order valence-electron chi connectivity index (χ3n) is 11.5. The molecule has 350 valence electrons. The van der Waals surface area contributed by atoms with E-state index in [1.54, 1.807) is 80.4 Å². The standard InChI is InChI=1S/C49H59N7O9S/c1-31-14-18-33(19-15-31)29-49(51)26-28-55-39(35-11-7-6-8-12-35)42(66(63,64)37-24-16-32(2)17-25-37)40(56(55)46(49)61)44(59)54-38(13-9-10-27-52-47(62)65-48(3,4)5)41(57)45(60)53-30-34-20-22-36(23-21-34)43(50)58/h6-8,11-12,14-25,38-39,41,57H,9-10,13,26-30,51H2,1-5H3,(H2,50,58)(H,52,62)(H,53,60)(H,54,59)/t38-,39?,41?,49?/m0/s1. The van der Waals surface area contributed by atoms with Gasteiger partial charge >= 0.3 is 6.09 Å². The number of aliphatic hydroxyl groups is 1. The number of aliphatic hydroxyl groups excluding tert-OH is 1. The van der Waals surface area contributed by atoms with Gasteiger partial charge in [-0.15, -0.1) is 0 Å². The number of carbonyl (C=O) groups excluding carboxylic acids is 5. The molecule has 1 saturated heterocycles. The number of carbonyl (C=O) groups is 5. The Bertz CT molecular complexity index is 2560. The van der Waals surface area contributed by atoms with E-state index in [1.807, 2.05) is 38.1 Å². The van der Waals surface area contributed by atoms with Crippen LogP contribution in [0.15, 0.2) is 119 Å². The molecule has 2 aliphatic heterocycles. The number of hydrazine groups is 1. The SMILES string of the molecule is Cc1ccc(CC2(N)CCN3C(c4ccccc4)C(S(=O)(=O)c4ccc(C)cc4)=C(C(=O)N[C@@H](CCCCNC(=O)OC(C)(C)C)C(O)C(=O)NCc4ccc(C(N)=O)cc4)N3C2=O)cc1. The molecule has 0 saturated carbocycles. The highest BCUT2D eigenvalue weighted by atomic mass is 32.2. The van der Waals surface area contributed by atoms with E-state index in [2.05, 4.69) is 16.0 Å². The van der Waals surface area contributed by atoms with Crippen LogP contribution >= 0.6 is 0 Å². The van der Waals surface area contributed by atoms with Crippen molar-refractivity contribution in [3.05, 3.63) is 147 Å². The van der Waals surface area contributed by atoms with Gasteiger partial charge in [0, 0.05) is 25.2 Å². The molecule has 0 aliphatic carbocycles. The zero-order chi connectivity index (χ0) is 48.0. The minimum atomic E-state index is -4.58. The lowest BCUT2D eigenvalue weighted by Crippen LogP contribution is -2.65. The van der Waals surface area contributed by atoms with Crippen LogP contribution in [0.3, 0.4) is 0 Å². The van der Waals surface area contributed by atoms with Gasteiger partial charge in [0.05, 0.1) is 17.0 Å². The maximum atomic E-state index is 15.2. The van der Waals surface area contributed by atoms with Crippen molar-refractivity contribution in [1.82, 2.24) is 26.0 Å². The predicted molar refractivity (Wildman–Crippen MR) is 247 cm³/mol. The molecule has 1 fully saturated rings. The number of sulfone groups is 1. The van der Waals surface area contributed by atoms with Gasteiger partial charge in [0.15, 0.2) is 6.10 Å². The molecule has 3 unspecified atom stereocenters. The fourth-order valence-electron chi connectivity index (χ4n) is 8.01. The lowest BCUT2D eigenvalue weighted by atomic mass is 9.85. The summed E-state index contributed by atoms with van der Waals surface area (Å²) in [6.45, 7) is 9.13. The normalized spacial score (nSPS) is 18.6. The summed E-state index contributed by atoms with van der Waals surface area (Å²) in [6.07, 6.45) is -1.73. The Kier molecular flexibility index (Phi) is 15.2. The van der Waals surface area contributed by atoms with E-state index < -0.39 is 74.6 Å². The van der Waals surface area contributed by atoms with E-state index >= 15 is 18.0 Å². The molecule has 0 radical (unpaired) electrons. The van der Waals surface area contributed by atoms with Crippen molar-refractivity contribution in [2.75, 3.05) is 13.1 Å². The van der Waals surface area contributed by atoms with Crippen molar-refractivity contribution in [2.45, 2.75) is 107 Å². The zero-order valence-corrected chi connectivity index (χ0v) is 38.7. The number of amides is 5. The van der Waals surface area contributed by atoms with Crippen molar-refractivity contribution in [3.8, 4) is 0 Å². The molecule has 16 nitrogen and oxygen atoms in total. The summed E-state index contributed by atoms with van der Waals surface area (Å²) in [4.78, 5) is 67.5. The quantitative estimate of drug-likeness (QED) is 0.0812. The minimum absolute atomic E-state index is 0.0228. The summed E-state index contributed by atoms with van der Waals surface area (Å²) in [5.41, 5.74) is 13.5. The number of nitrogens with one attached hydrogen (secondary N) is 3. The van der Waals surface area contributed by atoms with Gasteiger partial charge < -0.3 is 37.3 Å². The maximum Gasteiger partial charge on any atom is 0.407 e. The zero-order valence-electron chi connectivity index (χ0n) is 37.9. The Morgan fingerprint density at radius 1 is 0.864 bits per heavy atom. The number of ether oxygens (including phenoxy) is 1. The Morgan fingerprint density at radius 2 is 1.47 bits per heavy atom. The molecular weight excluding hydrogens is 863 g/mol. The topological polar surface area (TPSA) is 244 Å². The maximum absolute atomic E-state index is 15.2. The van der Waals surface area contributed by atoms with Crippen LogP contribution in [0.2, 0.25) is 0 Å². The van der Waals surface area contributed by atoms with Gasteiger partial charge in [-0.1, -0.05) is 90.0 Å². The number of alkyl carbamates (subject to hydrolysis) is 1. The summed E-state index contributed by atoms with van der Waals surface area (Å²) < 4.78 is 35.6. The number of nitrogens with two attached hydrogens (primary N) is 2. The smallest absolute Gasteiger partial charge is 0.407 e. The molecule has 4 aromatic rings. The number of hydrogen-bond donors (Lipinski definition) is 6. The van der Waals surface area contributed by atoms with Crippen LogP contribution in [0.5, 0.6) is 0 Å². The van der Waals surface area contributed by atoms with Gasteiger partial charge in [-0.2, -0.15) is 0 Å². The second-order valence-corrected chi connectivity index (χ2v) is 19.8. The summed E-state index contributed by atoms with van der Waals surface area (Å²) in [7, 11) is -4.58. The molecule has 0 aromatic heterocycles. The van der Waals surface area contributed by atoms with Crippen LogP contribution < -0.4 is 27.4 Å². The third-order valence-corrected chi connectivity index (χ3v) is 13.4. The number of primary amides is 1. The first-order valence-electron chi connectivity index (χ1n) is 21.9. The molecular formula is C49H59N7O9S. The molecule has 0 bridgehead atoms. The van der Waals surface area contributed by atoms with E-state index in [0.29, 0.717) is 17.5 Å². The molecule has 8 N–H and O–H groups in total. The number of rotatable bonds is 17. The number of fused-ring (bicyclic) bond motifs is 1. The Hall–Kier alpha value is -6.40. The monoisotopic (exact) mass is 921 g/mol. The second kappa shape index (κ2) is 20.4. The van der Waals surface area contributed by atoms with Crippen molar-refractivity contribution in [3.63, 3.8) is 0 Å². The summed E-state index contributed by atoms with van der Waals surface area (Å²) in [5, 5.41) is 22.4. The number of nitrogens with zero attached hydrogens (tertiary/aromatic N) is 2. The molecule has 4 atom stereocenters. The third kappa shape index (κ3) is 11.5. The molecule has 2 aliphatic rings. The molecule has 17 heteroatoms. The first-order chi connectivity index (χ1) is 31.2. The van der Waals surface area contributed by atoms with Gasteiger partial charge in [-0.05, 0) is 108 Å². The summed E-state index contributed by atoms with van der Waals surface area (Å²) in [5.74, 6) is -3.24. The highest BCUT2D eigenvalue weighted by Crippen LogP contribution is 2.48. The molecule has 4 aromatic carbocycles. The number of benzene rings is 4. The Labute approximate surface area is 385 Å². The van der Waals surface area contributed by atoms with Gasteiger partial charge in [-0.3, -0.25) is 19.2 Å². The van der Waals surface area contributed by atoms with Crippen LogP contribution in [0, 0.1) is 13.8 Å². The lowest BCUT2D eigenvalue weighted by Gasteiger charge is -2.45. The van der Waals surface area contributed by atoms with Crippen LogP contribution in [0.4, 0.5) is 4.79 Å². The van der Waals surface area contributed by atoms with Gasteiger partial charge in [-0.25, -0.2) is 23.2 Å². The molecule has 2 heterocycles. The molecule has 6 rings (SSSR count). The average molecular weight is 922 g/mol. The summed E-state index contributed by atoms with van der Waals surface area (Å²) in [6, 6.07) is 26.1. The van der Waals surface area contributed by atoms with Crippen LogP contribution in [-0.2, 0) is 41.9 Å².